The van der Waals surface area contributed by atoms with Crippen LogP contribution in [0.4, 0.5) is 11.4 Å². The van der Waals surface area contributed by atoms with Crippen LogP contribution in [0.3, 0.4) is 0 Å². The van der Waals surface area contributed by atoms with Crippen LogP contribution < -0.4 is 10.2 Å². The highest BCUT2D eigenvalue weighted by Crippen LogP contribution is 2.28. The lowest BCUT2D eigenvalue weighted by Crippen LogP contribution is -2.42. The molecule has 0 saturated carbocycles. The molecule has 2 amide bonds. The van der Waals surface area contributed by atoms with Crippen molar-refractivity contribution in [3.05, 3.63) is 119 Å². The molecule has 6 rings (SSSR count). The Labute approximate surface area is 261 Å². The molecular weight excluding hydrogens is 576 g/mol. The number of benzene rings is 4. The molecule has 0 bridgehead atoms. The third kappa shape index (κ3) is 6.74. The highest BCUT2D eigenvalue weighted by atomic mass is 35.5. The second-order valence-electron chi connectivity index (χ2n) is 10.8. The topological polar surface area (TPSA) is 92.6 Å². The largest absolute Gasteiger partial charge is 0.378 e. The lowest BCUT2D eigenvalue weighted by molar-refractivity contribution is -0.140. The average molecular weight is 609 g/mol. The van der Waals surface area contributed by atoms with Crippen molar-refractivity contribution in [3.63, 3.8) is 0 Å². The molecule has 0 aliphatic carbocycles. The summed E-state index contributed by atoms with van der Waals surface area (Å²) in [7, 11) is 0. The van der Waals surface area contributed by atoms with Gasteiger partial charge in [0.05, 0.1) is 18.7 Å². The molecule has 1 aliphatic rings. The first-order chi connectivity index (χ1) is 21.4. The summed E-state index contributed by atoms with van der Waals surface area (Å²) in [4.78, 5) is 32.2. The number of rotatable bonds is 9. The van der Waals surface area contributed by atoms with Crippen molar-refractivity contribution in [2.75, 3.05) is 36.5 Å². The minimum Gasteiger partial charge on any atom is -0.378 e. The van der Waals surface area contributed by atoms with E-state index in [4.69, 9.17) is 16.3 Å². The fraction of sp³-hybridized carbons (Fsp3) is 0.235. The molecule has 1 saturated heterocycles. The maximum Gasteiger partial charge on any atom is 0.251 e. The summed E-state index contributed by atoms with van der Waals surface area (Å²) in [6.45, 7) is 5.16. The number of nitrogens with zero attached hydrogens (tertiary/aromatic N) is 5. The molecule has 224 valence electrons. The van der Waals surface area contributed by atoms with Gasteiger partial charge in [-0.05, 0) is 66.6 Å². The van der Waals surface area contributed by atoms with Crippen LogP contribution in [0, 0.1) is 6.92 Å². The van der Waals surface area contributed by atoms with Gasteiger partial charge in [0.25, 0.3) is 5.91 Å². The number of hydrogen-bond donors (Lipinski definition) is 1. The summed E-state index contributed by atoms with van der Waals surface area (Å²) in [6, 6.07) is 29.2. The van der Waals surface area contributed by atoms with Gasteiger partial charge in [0.15, 0.2) is 0 Å². The normalized spacial score (nSPS) is 13.9. The van der Waals surface area contributed by atoms with Crippen molar-refractivity contribution < 1.29 is 14.3 Å². The quantitative estimate of drug-likeness (QED) is 0.233. The first-order valence-electron chi connectivity index (χ1n) is 14.6. The fourth-order valence-corrected chi connectivity index (χ4v) is 5.50. The van der Waals surface area contributed by atoms with Crippen LogP contribution in [0.15, 0.2) is 97.1 Å². The van der Waals surface area contributed by atoms with Crippen molar-refractivity contribution >= 4 is 45.8 Å². The number of ether oxygens (including phenoxy) is 1. The van der Waals surface area contributed by atoms with Gasteiger partial charge in [-0.1, -0.05) is 70.9 Å². The van der Waals surface area contributed by atoms with Gasteiger partial charge in [-0.25, -0.2) is 4.68 Å². The highest BCUT2D eigenvalue weighted by molar-refractivity contribution is 6.30. The number of amides is 2. The molecule has 0 radical (unpaired) electrons. The van der Waals surface area contributed by atoms with Crippen LogP contribution in [0.2, 0.25) is 5.02 Å². The monoisotopic (exact) mass is 608 g/mol. The third-order valence-electron chi connectivity index (χ3n) is 7.76. The summed E-state index contributed by atoms with van der Waals surface area (Å²) in [5.41, 5.74) is 5.78. The SMILES string of the molecule is Cc1ccc(CN(C(=O)Cn2nnc3ccccc32)C(C(=O)Nc2ccc(N3CCOCC3)cc2)c2ccc(Cl)cc2)cc1. The smallest absolute Gasteiger partial charge is 0.251 e. The van der Waals surface area contributed by atoms with Crippen LogP contribution >= 0.6 is 11.6 Å². The Bertz CT molecular complexity index is 1730. The average Bonchev–Trinajstić information content (AvgIpc) is 3.46. The molecule has 4 aromatic carbocycles. The molecule has 1 atom stereocenters. The van der Waals surface area contributed by atoms with E-state index in [1.807, 2.05) is 79.7 Å². The zero-order valence-electron chi connectivity index (χ0n) is 24.4. The van der Waals surface area contributed by atoms with E-state index in [-0.39, 0.29) is 24.9 Å². The number of carbonyl (C=O) groups is 2. The van der Waals surface area contributed by atoms with Gasteiger partial charge < -0.3 is 19.9 Å². The zero-order chi connectivity index (χ0) is 30.5. The maximum atomic E-state index is 14.2. The van der Waals surface area contributed by atoms with Crippen molar-refractivity contribution in [2.24, 2.45) is 0 Å². The maximum absolute atomic E-state index is 14.2. The van der Waals surface area contributed by atoms with E-state index in [0.29, 0.717) is 35.0 Å². The predicted molar refractivity (Wildman–Crippen MR) is 172 cm³/mol. The Morgan fingerprint density at radius 2 is 1.64 bits per heavy atom. The van der Waals surface area contributed by atoms with Gasteiger partial charge in [0.2, 0.25) is 5.91 Å². The number of aryl methyl sites for hydroxylation is 1. The Morgan fingerprint density at radius 1 is 0.932 bits per heavy atom. The van der Waals surface area contributed by atoms with E-state index >= 15 is 0 Å². The molecule has 1 aliphatic heterocycles. The van der Waals surface area contributed by atoms with Gasteiger partial charge in [-0.2, -0.15) is 0 Å². The second-order valence-corrected chi connectivity index (χ2v) is 11.3. The molecule has 1 aromatic heterocycles. The highest BCUT2D eigenvalue weighted by Gasteiger charge is 2.32. The van der Waals surface area contributed by atoms with Crippen molar-refractivity contribution in [1.29, 1.82) is 0 Å². The molecule has 0 spiro atoms. The van der Waals surface area contributed by atoms with Crippen molar-refractivity contribution in [1.82, 2.24) is 19.9 Å². The van der Waals surface area contributed by atoms with Crippen LogP contribution in [0.5, 0.6) is 0 Å². The van der Waals surface area contributed by atoms with Crippen LogP contribution in [0.25, 0.3) is 11.0 Å². The van der Waals surface area contributed by atoms with E-state index in [0.717, 1.165) is 35.4 Å². The summed E-state index contributed by atoms with van der Waals surface area (Å²) < 4.78 is 7.04. The van der Waals surface area contributed by atoms with Crippen molar-refractivity contribution in [3.8, 4) is 0 Å². The fourth-order valence-electron chi connectivity index (χ4n) is 5.37. The van der Waals surface area contributed by atoms with E-state index < -0.39 is 6.04 Å². The van der Waals surface area contributed by atoms with Crippen LogP contribution in [-0.2, 0) is 27.4 Å². The minimum absolute atomic E-state index is 0.0853. The summed E-state index contributed by atoms with van der Waals surface area (Å²) in [5.74, 6) is -0.616. The lowest BCUT2D eigenvalue weighted by Gasteiger charge is -2.32. The lowest BCUT2D eigenvalue weighted by atomic mass is 10.0. The van der Waals surface area contributed by atoms with Gasteiger partial charge >= 0.3 is 0 Å². The molecule has 1 fully saturated rings. The van der Waals surface area contributed by atoms with Crippen molar-refractivity contribution in [2.45, 2.75) is 26.1 Å². The number of aromatic nitrogens is 3. The Balaban J connectivity index is 1.33. The number of morpholine rings is 1. The first kappa shape index (κ1) is 29.3. The number of carbonyl (C=O) groups excluding carboxylic acids is 2. The number of anilines is 2. The minimum atomic E-state index is -0.949. The van der Waals surface area contributed by atoms with Gasteiger partial charge in [-0.3, -0.25) is 9.59 Å². The molecule has 1 N–H and O–H groups in total. The Hall–Kier alpha value is -4.73. The molecule has 10 heteroatoms. The second kappa shape index (κ2) is 13.3. The number of halogens is 1. The predicted octanol–water partition coefficient (Wildman–Crippen LogP) is 5.64. The van der Waals surface area contributed by atoms with Gasteiger partial charge in [0, 0.05) is 36.0 Å². The summed E-state index contributed by atoms with van der Waals surface area (Å²) in [6.07, 6.45) is 0. The summed E-state index contributed by atoms with van der Waals surface area (Å²) in [5, 5.41) is 12.0. The standard InChI is InChI=1S/C34H33ClN6O3/c1-24-6-8-25(9-7-24)22-40(32(42)23-41-31-5-3-2-4-30(31)37-38-41)33(26-10-12-27(35)13-11-26)34(43)36-28-14-16-29(17-15-28)39-18-20-44-21-19-39/h2-17,33H,18-23H2,1H3,(H,36,43). The number of para-hydroxylation sites is 1. The third-order valence-corrected chi connectivity index (χ3v) is 8.01. The zero-order valence-corrected chi connectivity index (χ0v) is 25.2. The molecule has 2 heterocycles. The first-order valence-corrected chi connectivity index (χ1v) is 14.9. The molecule has 9 nitrogen and oxygen atoms in total. The number of hydrogen-bond acceptors (Lipinski definition) is 6. The molecule has 1 unspecified atom stereocenters. The summed E-state index contributed by atoms with van der Waals surface area (Å²) >= 11 is 6.23. The van der Waals surface area contributed by atoms with Gasteiger partial charge in [-0.15, -0.1) is 5.10 Å². The molecular formula is C34H33ClN6O3. The van der Waals surface area contributed by atoms with Crippen LogP contribution in [-0.4, -0.2) is 58.0 Å². The van der Waals surface area contributed by atoms with Crippen LogP contribution in [0.1, 0.15) is 22.7 Å². The molecule has 44 heavy (non-hydrogen) atoms. The van der Waals surface area contributed by atoms with E-state index in [1.165, 1.54) is 0 Å². The Kier molecular flexibility index (Phi) is 8.86. The van der Waals surface area contributed by atoms with E-state index in [9.17, 15) is 9.59 Å². The van der Waals surface area contributed by atoms with E-state index in [2.05, 4.69) is 20.5 Å². The number of fused-ring (bicyclic) bond motifs is 1. The Morgan fingerprint density at radius 3 is 2.36 bits per heavy atom. The van der Waals surface area contributed by atoms with E-state index in [1.54, 1.807) is 33.8 Å². The molecule has 5 aromatic rings. The number of nitrogens with one attached hydrogen (secondary N) is 1. The van der Waals surface area contributed by atoms with Gasteiger partial charge in [0.1, 0.15) is 18.1 Å².